The van der Waals surface area contributed by atoms with E-state index in [1.54, 1.807) is 6.92 Å². The number of carbonyl (C=O) groups is 2. The van der Waals surface area contributed by atoms with E-state index in [1.807, 2.05) is 22.4 Å². The number of hydrogen-bond acceptors (Lipinski definition) is 4. The van der Waals surface area contributed by atoms with Crippen molar-refractivity contribution in [3.63, 3.8) is 0 Å². The molecule has 1 aliphatic heterocycles. The normalized spacial score (nSPS) is 17.5. The van der Waals surface area contributed by atoms with E-state index in [0.717, 1.165) is 37.5 Å². The molecule has 0 bridgehead atoms. The highest BCUT2D eigenvalue weighted by molar-refractivity contribution is 7.12. The Morgan fingerprint density at radius 3 is 2.78 bits per heavy atom. The third-order valence-electron chi connectivity index (χ3n) is 3.20. The van der Waals surface area contributed by atoms with Crippen LogP contribution in [0.2, 0.25) is 0 Å². The first-order chi connectivity index (χ1) is 8.66. The molecule has 1 aromatic rings. The second-order valence-corrected chi connectivity index (χ2v) is 5.48. The minimum atomic E-state index is 0.126. The molecule has 1 amide bonds. The smallest absolute Gasteiger partial charge is 0.219 e. The lowest BCUT2D eigenvalue weighted by Gasteiger charge is -2.20. The molecule has 5 heteroatoms. The summed E-state index contributed by atoms with van der Waals surface area (Å²) in [5, 5.41) is 1.92. The minimum absolute atomic E-state index is 0.126. The molecule has 18 heavy (non-hydrogen) atoms. The van der Waals surface area contributed by atoms with E-state index in [4.69, 9.17) is 0 Å². The van der Waals surface area contributed by atoms with E-state index < -0.39 is 0 Å². The summed E-state index contributed by atoms with van der Waals surface area (Å²) in [4.78, 5) is 28.1. The van der Waals surface area contributed by atoms with Crippen LogP contribution in [0.3, 0.4) is 0 Å². The van der Waals surface area contributed by atoms with Crippen LogP contribution in [-0.4, -0.2) is 54.2 Å². The van der Waals surface area contributed by atoms with Gasteiger partial charge in [-0.2, -0.15) is 0 Å². The summed E-state index contributed by atoms with van der Waals surface area (Å²) >= 11 is 1.49. The van der Waals surface area contributed by atoms with Crippen molar-refractivity contribution < 1.29 is 9.59 Å². The van der Waals surface area contributed by atoms with Crippen LogP contribution in [0.15, 0.2) is 17.5 Å². The summed E-state index contributed by atoms with van der Waals surface area (Å²) in [6, 6.07) is 3.77. The van der Waals surface area contributed by atoms with Crippen LogP contribution in [0.25, 0.3) is 0 Å². The highest BCUT2D eigenvalue weighted by Gasteiger charge is 2.19. The third kappa shape index (κ3) is 3.40. The lowest BCUT2D eigenvalue weighted by molar-refractivity contribution is -0.128. The Morgan fingerprint density at radius 1 is 1.28 bits per heavy atom. The van der Waals surface area contributed by atoms with Crippen molar-refractivity contribution in [2.75, 3.05) is 32.7 Å². The zero-order valence-electron chi connectivity index (χ0n) is 10.6. The molecule has 1 aromatic heterocycles. The Labute approximate surface area is 111 Å². The summed E-state index contributed by atoms with van der Waals surface area (Å²) < 4.78 is 0. The number of nitrogens with zero attached hydrogens (tertiary/aromatic N) is 2. The van der Waals surface area contributed by atoms with Gasteiger partial charge in [-0.15, -0.1) is 11.3 Å². The van der Waals surface area contributed by atoms with Crippen LogP contribution in [-0.2, 0) is 4.79 Å². The number of Topliss-reactive ketones (excluding diaryl/α,β-unsaturated/α-hetero) is 1. The van der Waals surface area contributed by atoms with Crippen molar-refractivity contribution in [1.82, 2.24) is 9.80 Å². The van der Waals surface area contributed by atoms with E-state index in [2.05, 4.69) is 4.90 Å². The molecule has 0 aromatic carbocycles. The average molecular weight is 266 g/mol. The Kier molecular flexibility index (Phi) is 4.49. The van der Waals surface area contributed by atoms with Crippen molar-refractivity contribution in [3.8, 4) is 0 Å². The Balaban J connectivity index is 1.87. The topological polar surface area (TPSA) is 40.6 Å². The molecular weight excluding hydrogens is 248 g/mol. The van der Waals surface area contributed by atoms with Crippen LogP contribution >= 0.6 is 11.3 Å². The van der Waals surface area contributed by atoms with Crippen molar-refractivity contribution in [2.24, 2.45) is 0 Å². The van der Waals surface area contributed by atoms with Crippen molar-refractivity contribution in [3.05, 3.63) is 22.4 Å². The largest absolute Gasteiger partial charge is 0.342 e. The van der Waals surface area contributed by atoms with Gasteiger partial charge in [0.15, 0.2) is 5.78 Å². The maximum atomic E-state index is 12.0. The molecular formula is C13H18N2O2S. The first kappa shape index (κ1) is 13.2. The molecule has 0 N–H and O–H groups in total. The number of carbonyl (C=O) groups excluding carboxylic acids is 2. The number of ketones is 1. The van der Waals surface area contributed by atoms with Gasteiger partial charge in [0, 0.05) is 33.1 Å². The first-order valence-corrected chi connectivity index (χ1v) is 7.09. The fourth-order valence-corrected chi connectivity index (χ4v) is 2.82. The number of rotatable bonds is 3. The Bertz CT molecular complexity index is 417. The molecule has 0 radical (unpaired) electrons. The van der Waals surface area contributed by atoms with Crippen LogP contribution in [0.1, 0.15) is 23.0 Å². The minimum Gasteiger partial charge on any atom is -0.342 e. The van der Waals surface area contributed by atoms with Crippen LogP contribution in [0.5, 0.6) is 0 Å². The summed E-state index contributed by atoms with van der Waals surface area (Å²) in [6.45, 7) is 5.28. The van der Waals surface area contributed by atoms with E-state index in [0.29, 0.717) is 6.54 Å². The molecule has 4 nitrogen and oxygen atoms in total. The fourth-order valence-electron chi connectivity index (χ4n) is 2.16. The lowest BCUT2D eigenvalue weighted by Crippen LogP contribution is -2.35. The first-order valence-electron chi connectivity index (χ1n) is 6.21. The monoisotopic (exact) mass is 266 g/mol. The molecule has 98 valence electrons. The summed E-state index contributed by atoms with van der Waals surface area (Å²) in [7, 11) is 0. The Hall–Kier alpha value is -1.20. The molecule has 0 aliphatic carbocycles. The lowest BCUT2D eigenvalue weighted by atomic mass is 10.3. The summed E-state index contributed by atoms with van der Waals surface area (Å²) in [6.07, 6.45) is 0.942. The molecule has 0 spiro atoms. The molecule has 0 saturated carbocycles. The quantitative estimate of drug-likeness (QED) is 0.778. The third-order valence-corrected chi connectivity index (χ3v) is 4.11. The SMILES string of the molecule is CC(=O)N1CCCN(CC(=O)c2cccs2)CC1. The Morgan fingerprint density at radius 2 is 2.11 bits per heavy atom. The molecule has 2 rings (SSSR count). The predicted molar refractivity (Wildman–Crippen MR) is 72.0 cm³/mol. The van der Waals surface area contributed by atoms with Gasteiger partial charge in [-0.3, -0.25) is 14.5 Å². The van der Waals surface area contributed by atoms with E-state index in [9.17, 15) is 9.59 Å². The highest BCUT2D eigenvalue weighted by atomic mass is 32.1. The van der Waals surface area contributed by atoms with Gasteiger partial charge >= 0.3 is 0 Å². The van der Waals surface area contributed by atoms with E-state index in [1.165, 1.54) is 11.3 Å². The molecule has 1 aliphatic rings. The number of thiophene rings is 1. The van der Waals surface area contributed by atoms with Gasteiger partial charge in [0.05, 0.1) is 11.4 Å². The van der Waals surface area contributed by atoms with E-state index >= 15 is 0 Å². The number of hydrogen-bond donors (Lipinski definition) is 0. The molecule has 1 fully saturated rings. The standard InChI is InChI=1S/C13H18N2O2S/c1-11(16)15-6-3-5-14(7-8-15)10-12(17)13-4-2-9-18-13/h2,4,9H,3,5-8,10H2,1H3. The predicted octanol–water partition coefficient (Wildman–Crippen LogP) is 1.48. The van der Waals surface area contributed by atoms with Gasteiger partial charge in [-0.05, 0) is 17.9 Å². The second kappa shape index (κ2) is 6.11. The molecule has 0 unspecified atom stereocenters. The van der Waals surface area contributed by atoms with Gasteiger partial charge in [0.2, 0.25) is 5.91 Å². The van der Waals surface area contributed by atoms with Crippen LogP contribution in [0, 0.1) is 0 Å². The van der Waals surface area contributed by atoms with Gasteiger partial charge < -0.3 is 4.90 Å². The van der Waals surface area contributed by atoms with Gasteiger partial charge in [0.25, 0.3) is 0 Å². The van der Waals surface area contributed by atoms with Gasteiger partial charge in [0.1, 0.15) is 0 Å². The molecule has 2 heterocycles. The summed E-state index contributed by atoms with van der Waals surface area (Å²) in [5.74, 6) is 0.308. The highest BCUT2D eigenvalue weighted by Crippen LogP contribution is 2.11. The second-order valence-electron chi connectivity index (χ2n) is 4.54. The fraction of sp³-hybridized carbons (Fsp3) is 0.538. The average Bonchev–Trinajstić information content (AvgIpc) is 2.77. The van der Waals surface area contributed by atoms with Gasteiger partial charge in [-0.25, -0.2) is 0 Å². The van der Waals surface area contributed by atoms with Crippen molar-refractivity contribution in [2.45, 2.75) is 13.3 Å². The summed E-state index contributed by atoms with van der Waals surface area (Å²) in [5.41, 5.74) is 0. The maximum Gasteiger partial charge on any atom is 0.219 e. The van der Waals surface area contributed by atoms with Crippen LogP contribution < -0.4 is 0 Å². The molecule has 0 atom stereocenters. The zero-order valence-corrected chi connectivity index (χ0v) is 11.4. The van der Waals surface area contributed by atoms with Crippen molar-refractivity contribution in [1.29, 1.82) is 0 Å². The van der Waals surface area contributed by atoms with Crippen molar-refractivity contribution >= 4 is 23.0 Å². The maximum absolute atomic E-state index is 12.0. The van der Waals surface area contributed by atoms with Gasteiger partial charge in [-0.1, -0.05) is 6.07 Å². The number of amides is 1. The van der Waals surface area contributed by atoms with Crippen LogP contribution in [0.4, 0.5) is 0 Å². The molecule has 1 saturated heterocycles. The van der Waals surface area contributed by atoms with E-state index in [-0.39, 0.29) is 11.7 Å². The zero-order chi connectivity index (χ0) is 13.0.